The Balaban J connectivity index is 1.25. The molecule has 4 rings (SSSR count). The molecule has 0 unspecified atom stereocenters. The smallest absolute Gasteiger partial charge is 0.228 e. The van der Waals surface area contributed by atoms with Crippen molar-refractivity contribution >= 4 is 17.6 Å². The highest BCUT2D eigenvalue weighted by Gasteiger charge is 2.26. The van der Waals surface area contributed by atoms with Gasteiger partial charge in [0.2, 0.25) is 11.8 Å². The van der Waals surface area contributed by atoms with Gasteiger partial charge in [0.25, 0.3) is 0 Å². The fourth-order valence-electron chi connectivity index (χ4n) is 4.13. The van der Waals surface area contributed by atoms with Crippen LogP contribution < -0.4 is 10.1 Å². The lowest BCUT2D eigenvalue weighted by molar-refractivity contribution is -0.131. The number of aryl methyl sites for hydroxylation is 1. The van der Waals surface area contributed by atoms with Crippen LogP contribution in [0.25, 0.3) is 0 Å². The van der Waals surface area contributed by atoms with Gasteiger partial charge in [-0.25, -0.2) is 4.68 Å². The lowest BCUT2D eigenvalue weighted by Gasteiger charge is -2.33. The van der Waals surface area contributed by atoms with Gasteiger partial charge in [0.15, 0.2) is 0 Å². The molecule has 0 radical (unpaired) electrons. The van der Waals surface area contributed by atoms with E-state index in [0.717, 1.165) is 29.7 Å². The van der Waals surface area contributed by atoms with Gasteiger partial charge in [-0.3, -0.25) is 9.59 Å². The molecule has 2 amide bonds. The van der Waals surface area contributed by atoms with E-state index in [-0.39, 0.29) is 24.3 Å². The molecule has 0 atom stereocenters. The van der Waals surface area contributed by atoms with Crippen LogP contribution in [0.15, 0.2) is 66.9 Å². The molecule has 0 bridgehead atoms. The van der Waals surface area contributed by atoms with Crippen LogP contribution in [-0.2, 0) is 16.0 Å². The molecule has 2 heterocycles. The summed E-state index contributed by atoms with van der Waals surface area (Å²) in [5, 5.41) is 7.39. The van der Waals surface area contributed by atoms with E-state index in [4.69, 9.17) is 4.74 Å². The summed E-state index contributed by atoms with van der Waals surface area (Å²) in [5.41, 5.74) is 2.23. The predicted molar refractivity (Wildman–Crippen MR) is 127 cm³/mol. The maximum Gasteiger partial charge on any atom is 0.228 e. The monoisotopic (exact) mass is 446 g/mol. The normalized spacial score (nSPS) is 14.2. The highest BCUT2D eigenvalue weighted by Crippen LogP contribution is 2.26. The fraction of sp³-hybridized carbons (Fsp3) is 0.346. The van der Waals surface area contributed by atoms with E-state index in [1.165, 1.54) is 0 Å². The van der Waals surface area contributed by atoms with Crippen molar-refractivity contribution in [3.05, 3.63) is 78.0 Å². The van der Waals surface area contributed by atoms with Crippen molar-refractivity contribution in [2.24, 2.45) is 0 Å². The highest BCUT2D eigenvalue weighted by atomic mass is 16.5. The van der Waals surface area contributed by atoms with Crippen molar-refractivity contribution in [3.63, 3.8) is 0 Å². The number of likely N-dealkylation sites (tertiary alicyclic amines) is 1. The van der Waals surface area contributed by atoms with Gasteiger partial charge in [0.05, 0.1) is 31.7 Å². The maximum absolute atomic E-state index is 12.8. The SMILES string of the molecule is Cc1ccccc1CC(=O)N1CCC(n2nccc2NC(=O)CCOc2ccccc2)CC1. The zero-order valence-electron chi connectivity index (χ0n) is 18.9. The lowest BCUT2D eigenvalue weighted by atomic mass is 10.0. The number of hydrogen-bond acceptors (Lipinski definition) is 4. The Morgan fingerprint density at radius 1 is 1.03 bits per heavy atom. The Kier molecular flexibility index (Phi) is 7.40. The van der Waals surface area contributed by atoms with Gasteiger partial charge in [-0.15, -0.1) is 0 Å². The van der Waals surface area contributed by atoms with Gasteiger partial charge in [-0.1, -0.05) is 42.5 Å². The summed E-state index contributed by atoms with van der Waals surface area (Å²) in [5.74, 6) is 1.48. The quantitative estimate of drug-likeness (QED) is 0.567. The first kappa shape index (κ1) is 22.6. The number of rotatable bonds is 8. The summed E-state index contributed by atoms with van der Waals surface area (Å²) in [6, 6.07) is 19.4. The van der Waals surface area contributed by atoms with Crippen molar-refractivity contribution in [1.29, 1.82) is 0 Å². The number of nitrogens with zero attached hydrogens (tertiary/aromatic N) is 3. The van der Waals surface area contributed by atoms with Gasteiger partial charge in [0.1, 0.15) is 11.6 Å². The van der Waals surface area contributed by atoms with Gasteiger partial charge in [-0.2, -0.15) is 5.10 Å². The minimum atomic E-state index is -0.112. The summed E-state index contributed by atoms with van der Waals surface area (Å²) in [4.78, 5) is 27.1. The molecule has 7 heteroatoms. The Hall–Kier alpha value is -3.61. The van der Waals surface area contributed by atoms with Gasteiger partial charge < -0.3 is 15.0 Å². The van der Waals surface area contributed by atoms with Gasteiger partial charge in [0, 0.05) is 19.2 Å². The van der Waals surface area contributed by atoms with Gasteiger partial charge >= 0.3 is 0 Å². The molecule has 1 fully saturated rings. The van der Waals surface area contributed by atoms with Crippen molar-refractivity contribution in [3.8, 4) is 5.75 Å². The zero-order chi connectivity index (χ0) is 23.0. The van der Waals surface area contributed by atoms with Crippen molar-refractivity contribution < 1.29 is 14.3 Å². The average molecular weight is 447 g/mol. The standard InChI is InChI=1S/C26H30N4O3/c1-20-7-5-6-8-21(20)19-26(32)29-16-12-22(13-17-29)30-24(11-15-27-30)28-25(31)14-18-33-23-9-3-2-4-10-23/h2-11,15,22H,12-14,16-19H2,1H3,(H,28,31). The van der Waals surface area contributed by atoms with E-state index in [1.807, 2.05) is 77.2 Å². The van der Waals surface area contributed by atoms with Gasteiger partial charge in [-0.05, 0) is 43.0 Å². The van der Waals surface area contributed by atoms with E-state index in [2.05, 4.69) is 10.4 Å². The zero-order valence-corrected chi connectivity index (χ0v) is 18.9. The minimum absolute atomic E-state index is 0.112. The Labute approximate surface area is 194 Å². The number of benzene rings is 2. The second-order valence-electron chi connectivity index (χ2n) is 8.34. The number of piperidine rings is 1. The van der Waals surface area contributed by atoms with Crippen LogP contribution in [0.2, 0.25) is 0 Å². The number of carbonyl (C=O) groups is 2. The number of amides is 2. The molecular weight excluding hydrogens is 416 g/mol. The molecule has 3 aromatic rings. The number of carbonyl (C=O) groups excluding carboxylic acids is 2. The molecule has 1 aromatic heterocycles. The second kappa shape index (κ2) is 10.8. The fourth-order valence-corrected chi connectivity index (χ4v) is 4.13. The van der Waals surface area contributed by atoms with Crippen LogP contribution in [0.4, 0.5) is 5.82 Å². The van der Waals surface area contributed by atoms with Crippen LogP contribution >= 0.6 is 0 Å². The highest BCUT2D eigenvalue weighted by molar-refractivity contribution is 5.89. The average Bonchev–Trinajstić information content (AvgIpc) is 3.29. The topological polar surface area (TPSA) is 76.5 Å². The number of hydrogen-bond donors (Lipinski definition) is 1. The molecule has 0 spiro atoms. The van der Waals surface area contributed by atoms with E-state index in [0.29, 0.717) is 31.9 Å². The maximum atomic E-state index is 12.8. The second-order valence-corrected chi connectivity index (χ2v) is 8.34. The molecule has 172 valence electrons. The first-order valence-corrected chi connectivity index (χ1v) is 11.4. The third-order valence-corrected chi connectivity index (χ3v) is 6.04. The molecule has 1 N–H and O–H groups in total. The Bertz CT molecular complexity index is 1070. The molecule has 1 aliphatic heterocycles. The number of ether oxygens (including phenoxy) is 1. The number of aromatic nitrogens is 2. The number of anilines is 1. The van der Waals surface area contributed by atoms with E-state index in [9.17, 15) is 9.59 Å². The third-order valence-electron chi connectivity index (χ3n) is 6.04. The van der Waals surface area contributed by atoms with Crippen molar-refractivity contribution in [2.45, 2.75) is 38.6 Å². The summed E-state index contributed by atoms with van der Waals surface area (Å²) in [6.07, 6.45) is 4.01. The number of para-hydroxylation sites is 1. The molecule has 0 saturated carbocycles. The van der Waals surface area contributed by atoms with Crippen LogP contribution in [0.1, 0.15) is 36.4 Å². The Morgan fingerprint density at radius 3 is 2.52 bits per heavy atom. The van der Waals surface area contributed by atoms with E-state index in [1.54, 1.807) is 6.20 Å². The largest absolute Gasteiger partial charge is 0.493 e. The Morgan fingerprint density at radius 2 is 1.76 bits per heavy atom. The molecule has 33 heavy (non-hydrogen) atoms. The predicted octanol–water partition coefficient (Wildman–Crippen LogP) is 4.01. The summed E-state index contributed by atoms with van der Waals surface area (Å²) in [6.45, 7) is 3.72. The van der Waals surface area contributed by atoms with Crippen LogP contribution in [0.5, 0.6) is 5.75 Å². The van der Waals surface area contributed by atoms with Crippen LogP contribution in [0, 0.1) is 6.92 Å². The molecular formula is C26H30N4O3. The van der Waals surface area contributed by atoms with Crippen LogP contribution in [-0.4, -0.2) is 46.2 Å². The first-order chi connectivity index (χ1) is 16.1. The van der Waals surface area contributed by atoms with E-state index < -0.39 is 0 Å². The van der Waals surface area contributed by atoms with E-state index >= 15 is 0 Å². The molecule has 2 aromatic carbocycles. The first-order valence-electron chi connectivity index (χ1n) is 11.4. The summed E-state index contributed by atoms with van der Waals surface area (Å²) in [7, 11) is 0. The van der Waals surface area contributed by atoms with Crippen molar-refractivity contribution in [1.82, 2.24) is 14.7 Å². The minimum Gasteiger partial charge on any atom is -0.493 e. The number of nitrogens with one attached hydrogen (secondary N) is 1. The lowest BCUT2D eigenvalue weighted by Crippen LogP contribution is -2.40. The summed E-state index contributed by atoms with van der Waals surface area (Å²) >= 11 is 0. The van der Waals surface area contributed by atoms with Crippen molar-refractivity contribution in [2.75, 3.05) is 25.0 Å². The third kappa shape index (κ3) is 6.00. The van der Waals surface area contributed by atoms with Crippen LogP contribution in [0.3, 0.4) is 0 Å². The summed E-state index contributed by atoms with van der Waals surface area (Å²) < 4.78 is 7.48. The molecule has 1 aliphatic rings. The molecule has 1 saturated heterocycles. The molecule has 7 nitrogen and oxygen atoms in total. The molecule has 0 aliphatic carbocycles.